The molecule has 0 radical (unpaired) electrons. The fraction of sp³-hybridized carbons (Fsp3) is 0.312. The molecule has 2 nitrogen and oxygen atoms in total. The fourth-order valence-corrected chi connectivity index (χ4v) is 2.29. The Morgan fingerprint density at radius 3 is 2.50 bits per heavy atom. The lowest BCUT2D eigenvalue weighted by Crippen LogP contribution is -2.15. The van der Waals surface area contributed by atoms with Gasteiger partial charge >= 0.3 is 5.97 Å². The zero-order valence-corrected chi connectivity index (χ0v) is 11.1. The Morgan fingerprint density at radius 1 is 1.22 bits per heavy atom. The van der Waals surface area contributed by atoms with Gasteiger partial charge in [-0.3, -0.25) is 0 Å². The number of benzene rings is 1. The standard InChI is InChI=1S/C16H18O2/c1-12-9-14(11-16(2,3)10-12)18-15(17)13-7-5-4-6-8-13/h4-9,11H,10H2,1-3H3. The molecule has 0 amide bonds. The van der Waals surface area contributed by atoms with Crippen LogP contribution >= 0.6 is 0 Å². The molecule has 94 valence electrons. The van der Waals surface area contributed by atoms with Crippen molar-refractivity contribution < 1.29 is 9.53 Å². The predicted octanol–water partition coefficient (Wildman–Crippen LogP) is 4.10. The average Bonchev–Trinajstić information content (AvgIpc) is 2.27. The normalized spacial score (nSPS) is 17.7. The van der Waals surface area contributed by atoms with Crippen molar-refractivity contribution in [3.8, 4) is 0 Å². The van der Waals surface area contributed by atoms with E-state index in [2.05, 4.69) is 20.8 Å². The number of carbonyl (C=O) groups is 1. The smallest absolute Gasteiger partial charge is 0.343 e. The van der Waals surface area contributed by atoms with Crippen molar-refractivity contribution in [2.24, 2.45) is 5.41 Å². The molecular weight excluding hydrogens is 224 g/mol. The first kappa shape index (κ1) is 12.6. The van der Waals surface area contributed by atoms with Gasteiger partial charge in [0.1, 0.15) is 5.76 Å². The predicted molar refractivity (Wildman–Crippen MR) is 72.1 cm³/mol. The highest BCUT2D eigenvalue weighted by Gasteiger charge is 2.22. The first-order valence-corrected chi connectivity index (χ1v) is 6.13. The lowest BCUT2D eigenvalue weighted by Gasteiger charge is -2.25. The molecule has 0 saturated heterocycles. The molecule has 0 atom stereocenters. The van der Waals surface area contributed by atoms with Gasteiger partial charge in [0.05, 0.1) is 5.56 Å². The van der Waals surface area contributed by atoms with Crippen molar-refractivity contribution in [1.29, 1.82) is 0 Å². The number of ether oxygens (including phenoxy) is 1. The zero-order chi connectivity index (χ0) is 13.2. The van der Waals surface area contributed by atoms with Crippen molar-refractivity contribution in [2.45, 2.75) is 27.2 Å². The van der Waals surface area contributed by atoms with Gasteiger partial charge in [-0.05, 0) is 43.0 Å². The van der Waals surface area contributed by atoms with Gasteiger partial charge in [-0.2, -0.15) is 0 Å². The summed E-state index contributed by atoms with van der Waals surface area (Å²) in [7, 11) is 0. The molecule has 0 fully saturated rings. The number of rotatable bonds is 2. The Balaban J connectivity index is 2.15. The summed E-state index contributed by atoms with van der Waals surface area (Å²) in [5.74, 6) is 0.348. The highest BCUT2D eigenvalue weighted by Crippen LogP contribution is 2.33. The van der Waals surface area contributed by atoms with E-state index < -0.39 is 0 Å². The van der Waals surface area contributed by atoms with Gasteiger partial charge in [0, 0.05) is 0 Å². The van der Waals surface area contributed by atoms with Crippen molar-refractivity contribution in [3.05, 3.63) is 59.4 Å². The molecular formula is C16H18O2. The summed E-state index contributed by atoms with van der Waals surface area (Å²) in [6, 6.07) is 9.05. The second-order valence-corrected chi connectivity index (χ2v) is 5.46. The van der Waals surface area contributed by atoms with E-state index in [1.165, 1.54) is 5.57 Å². The van der Waals surface area contributed by atoms with Crippen LogP contribution in [0.4, 0.5) is 0 Å². The Morgan fingerprint density at radius 2 is 1.89 bits per heavy atom. The maximum atomic E-state index is 11.9. The largest absolute Gasteiger partial charge is 0.423 e. The van der Waals surface area contributed by atoms with E-state index in [9.17, 15) is 4.79 Å². The Labute approximate surface area is 108 Å². The molecule has 0 unspecified atom stereocenters. The summed E-state index contributed by atoms with van der Waals surface area (Å²) in [5.41, 5.74) is 1.86. The van der Waals surface area contributed by atoms with E-state index in [0.29, 0.717) is 11.3 Å². The highest BCUT2D eigenvalue weighted by atomic mass is 16.5. The lowest BCUT2D eigenvalue weighted by molar-refractivity contribution is 0.0631. The second kappa shape index (κ2) is 4.81. The van der Waals surface area contributed by atoms with Gasteiger partial charge in [-0.25, -0.2) is 4.79 Å². The van der Waals surface area contributed by atoms with Crippen LogP contribution in [0.3, 0.4) is 0 Å². The van der Waals surface area contributed by atoms with E-state index in [4.69, 9.17) is 4.74 Å². The van der Waals surface area contributed by atoms with E-state index >= 15 is 0 Å². The van der Waals surface area contributed by atoms with Crippen molar-refractivity contribution >= 4 is 5.97 Å². The van der Waals surface area contributed by atoms with Gasteiger partial charge in [-0.1, -0.05) is 37.6 Å². The fourth-order valence-electron chi connectivity index (χ4n) is 2.29. The molecule has 0 spiro atoms. The molecule has 0 aliphatic heterocycles. The third-order valence-electron chi connectivity index (χ3n) is 2.88. The molecule has 0 saturated carbocycles. The molecule has 1 aliphatic rings. The monoisotopic (exact) mass is 242 g/mol. The molecule has 0 N–H and O–H groups in total. The molecule has 0 heterocycles. The lowest BCUT2D eigenvalue weighted by atomic mass is 9.82. The molecule has 1 aliphatic carbocycles. The van der Waals surface area contributed by atoms with Crippen molar-refractivity contribution in [3.63, 3.8) is 0 Å². The van der Waals surface area contributed by atoms with Gasteiger partial charge in [0.15, 0.2) is 0 Å². The molecule has 0 bridgehead atoms. The SMILES string of the molecule is CC1=CC(OC(=O)c2ccccc2)=CC(C)(C)C1. The van der Waals surface area contributed by atoms with Gasteiger partial charge in [0.2, 0.25) is 0 Å². The summed E-state index contributed by atoms with van der Waals surface area (Å²) in [4.78, 5) is 11.9. The summed E-state index contributed by atoms with van der Waals surface area (Å²) in [6.07, 6.45) is 4.95. The Kier molecular flexibility index (Phi) is 3.37. The molecule has 1 aromatic carbocycles. The first-order valence-electron chi connectivity index (χ1n) is 6.13. The summed E-state index contributed by atoms with van der Waals surface area (Å²) < 4.78 is 5.43. The minimum absolute atomic E-state index is 0.0468. The minimum atomic E-state index is -0.302. The van der Waals surface area contributed by atoms with E-state index in [1.54, 1.807) is 12.1 Å². The molecule has 18 heavy (non-hydrogen) atoms. The summed E-state index contributed by atoms with van der Waals surface area (Å²) in [5, 5.41) is 0. The van der Waals surface area contributed by atoms with Crippen LogP contribution in [0.2, 0.25) is 0 Å². The van der Waals surface area contributed by atoms with Crippen LogP contribution in [-0.4, -0.2) is 5.97 Å². The highest BCUT2D eigenvalue weighted by molar-refractivity contribution is 5.90. The van der Waals surface area contributed by atoms with E-state index in [0.717, 1.165) is 6.42 Å². The number of carbonyl (C=O) groups excluding carboxylic acids is 1. The van der Waals surface area contributed by atoms with Crippen LogP contribution in [0.1, 0.15) is 37.6 Å². The van der Waals surface area contributed by atoms with Gasteiger partial charge < -0.3 is 4.74 Å². The van der Waals surface area contributed by atoms with Crippen LogP contribution < -0.4 is 0 Å². The summed E-state index contributed by atoms with van der Waals surface area (Å²) >= 11 is 0. The Hall–Kier alpha value is -1.83. The number of allylic oxidation sites excluding steroid dienone is 3. The van der Waals surface area contributed by atoms with Crippen LogP contribution in [0.5, 0.6) is 0 Å². The van der Waals surface area contributed by atoms with Crippen LogP contribution in [-0.2, 0) is 4.74 Å². The number of esters is 1. The topological polar surface area (TPSA) is 26.3 Å². The Bertz CT molecular complexity index is 507. The molecule has 2 heteroatoms. The van der Waals surface area contributed by atoms with Crippen LogP contribution in [0, 0.1) is 5.41 Å². The third-order valence-corrected chi connectivity index (χ3v) is 2.88. The van der Waals surface area contributed by atoms with Gasteiger partial charge in [0.25, 0.3) is 0 Å². The maximum absolute atomic E-state index is 11.9. The maximum Gasteiger partial charge on any atom is 0.343 e. The molecule has 0 aromatic heterocycles. The summed E-state index contributed by atoms with van der Waals surface area (Å²) in [6.45, 7) is 6.34. The number of hydrogen-bond acceptors (Lipinski definition) is 2. The average molecular weight is 242 g/mol. The second-order valence-electron chi connectivity index (χ2n) is 5.46. The van der Waals surface area contributed by atoms with Crippen LogP contribution in [0.15, 0.2) is 53.8 Å². The third kappa shape index (κ3) is 3.10. The molecule has 2 rings (SSSR count). The van der Waals surface area contributed by atoms with E-state index in [1.807, 2.05) is 30.4 Å². The van der Waals surface area contributed by atoms with Gasteiger partial charge in [-0.15, -0.1) is 0 Å². The van der Waals surface area contributed by atoms with Crippen LogP contribution in [0.25, 0.3) is 0 Å². The van der Waals surface area contributed by atoms with Crippen molar-refractivity contribution in [2.75, 3.05) is 0 Å². The van der Waals surface area contributed by atoms with Crippen molar-refractivity contribution in [1.82, 2.24) is 0 Å². The number of hydrogen-bond donors (Lipinski definition) is 0. The molecule has 1 aromatic rings. The quantitative estimate of drug-likeness (QED) is 0.730. The minimum Gasteiger partial charge on any atom is -0.423 e. The zero-order valence-electron chi connectivity index (χ0n) is 11.1. The first-order chi connectivity index (χ1) is 8.46. The van der Waals surface area contributed by atoms with E-state index in [-0.39, 0.29) is 11.4 Å².